The zero-order valence-corrected chi connectivity index (χ0v) is 17.0. The average Bonchev–Trinajstić information content (AvgIpc) is 3.35. The monoisotopic (exact) mass is 416 g/mol. The van der Waals surface area contributed by atoms with Gasteiger partial charge in [-0.2, -0.15) is 9.40 Å². The highest BCUT2D eigenvalue weighted by molar-refractivity contribution is 7.89. The quantitative estimate of drug-likeness (QED) is 0.650. The first-order chi connectivity index (χ1) is 13.8. The maximum Gasteiger partial charge on any atom is 0.322 e. The van der Waals surface area contributed by atoms with Crippen molar-refractivity contribution in [1.82, 2.24) is 24.3 Å². The largest absolute Gasteiger partial charge is 0.401 e. The number of anilines is 1. The van der Waals surface area contributed by atoms with Crippen LogP contribution < -0.4 is 5.32 Å². The van der Waals surface area contributed by atoms with E-state index in [1.165, 1.54) is 28.6 Å². The van der Waals surface area contributed by atoms with E-state index in [2.05, 4.69) is 20.6 Å². The minimum absolute atomic E-state index is 0.0611. The fraction of sp³-hybridized carbons (Fsp3) is 0.333. The van der Waals surface area contributed by atoms with Crippen LogP contribution in [0.25, 0.3) is 11.6 Å². The molecule has 0 spiro atoms. The molecular weight excluding hydrogens is 396 g/mol. The van der Waals surface area contributed by atoms with Gasteiger partial charge in [-0.25, -0.2) is 8.42 Å². The number of carbonyl (C=O) groups excluding carboxylic acids is 1. The lowest BCUT2D eigenvalue weighted by molar-refractivity contribution is 0.102. The predicted octanol–water partition coefficient (Wildman–Crippen LogP) is 1.81. The Morgan fingerprint density at radius 1 is 1.24 bits per heavy atom. The van der Waals surface area contributed by atoms with Crippen LogP contribution in [0.5, 0.6) is 0 Å². The fourth-order valence-electron chi connectivity index (χ4n) is 2.94. The number of aryl methyl sites for hydroxylation is 2. The smallest absolute Gasteiger partial charge is 0.322 e. The maximum absolute atomic E-state index is 12.5. The molecule has 2 aromatic heterocycles. The Bertz CT molecular complexity index is 1160. The molecule has 29 heavy (non-hydrogen) atoms. The second-order valence-corrected chi connectivity index (χ2v) is 8.94. The maximum atomic E-state index is 12.5. The van der Waals surface area contributed by atoms with E-state index >= 15 is 0 Å². The predicted molar refractivity (Wildman–Crippen MR) is 104 cm³/mol. The summed E-state index contributed by atoms with van der Waals surface area (Å²) in [7, 11) is -0.229. The van der Waals surface area contributed by atoms with Crippen molar-refractivity contribution in [2.24, 2.45) is 7.05 Å². The topological polar surface area (TPSA) is 123 Å². The van der Waals surface area contributed by atoms with Gasteiger partial charge in [-0.05, 0) is 50.1 Å². The van der Waals surface area contributed by atoms with E-state index in [9.17, 15) is 13.2 Å². The van der Waals surface area contributed by atoms with Crippen molar-refractivity contribution in [3.63, 3.8) is 0 Å². The first-order valence-electron chi connectivity index (χ1n) is 8.99. The third-order valence-corrected chi connectivity index (χ3v) is 6.65. The normalized spacial score (nSPS) is 14.3. The van der Waals surface area contributed by atoms with Crippen molar-refractivity contribution in [3.8, 4) is 11.6 Å². The van der Waals surface area contributed by atoms with E-state index in [0.717, 1.165) is 18.5 Å². The SMILES string of the molecule is Cc1cc(-c2nnc(NC(=O)c3ccc(S(=O)(=O)N(C)C4CC4)cc3)o2)n(C)n1. The molecule has 2 heterocycles. The number of hydrogen-bond acceptors (Lipinski definition) is 7. The van der Waals surface area contributed by atoms with Crippen molar-refractivity contribution >= 4 is 21.9 Å². The van der Waals surface area contributed by atoms with Crippen molar-refractivity contribution in [2.75, 3.05) is 12.4 Å². The number of aromatic nitrogens is 4. The Balaban J connectivity index is 1.47. The number of hydrogen-bond donors (Lipinski definition) is 1. The highest BCUT2D eigenvalue weighted by atomic mass is 32.2. The average molecular weight is 416 g/mol. The fourth-order valence-corrected chi connectivity index (χ4v) is 4.35. The summed E-state index contributed by atoms with van der Waals surface area (Å²) in [5, 5.41) is 14.5. The number of nitrogens with zero attached hydrogens (tertiary/aromatic N) is 5. The van der Waals surface area contributed by atoms with Gasteiger partial charge in [-0.1, -0.05) is 5.10 Å². The van der Waals surface area contributed by atoms with Gasteiger partial charge >= 0.3 is 6.01 Å². The molecule has 1 amide bonds. The van der Waals surface area contributed by atoms with Gasteiger partial charge in [0.25, 0.3) is 11.8 Å². The number of carbonyl (C=O) groups is 1. The highest BCUT2D eigenvalue weighted by Gasteiger charge is 2.35. The standard InChI is InChI=1S/C18H20N6O4S/c1-11-10-15(23(2)22-11)17-20-21-18(28-17)19-16(25)12-4-8-14(9-5-12)29(26,27)24(3)13-6-7-13/h4-5,8-10,13H,6-7H2,1-3H3,(H,19,21,25). The van der Waals surface area contributed by atoms with Crippen molar-refractivity contribution in [3.05, 3.63) is 41.6 Å². The molecule has 1 saturated carbocycles. The first kappa shape index (κ1) is 19.3. The molecule has 1 aliphatic carbocycles. The highest BCUT2D eigenvalue weighted by Crippen LogP contribution is 2.30. The lowest BCUT2D eigenvalue weighted by Crippen LogP contribution is -2.29. The van der Waals surface area contributed by atoms with Crippen LogP contribution in [0.2, 0.25) is 0 Å². The molecule has 0 unspecified atom stereocenters. The van der Waals surface area contributed by atoms with Gasteiger partial charge in [0.1, 0.15) is 5.69 Å². The molecule has 0 saturated heterocycles. The van der Waals surface area contributed by atoms with Gasteiger partial charge in [0.05, 0.1) is 10.6 Å². The van der Waals surface area contributed by atoms with E-state index in [1.807, 2.05) is 6.92 Å². The summed E-state index contributed by atoms with van der Waals surface area (Å²) >= 11 is 0. The molecule has 0 atom stereocenters. The van der Waals surface area contributed by atoms with E-state index < -0.39 is 15.9 Å². The molecule has 1 aromatic carbocycles. The van der Waals surface area contributed by atoms with E-state index in [0.29, 0.717) is 5.69 Å². The Hall–Kier alpha value is -3.05. The van der Waals surface area contributed by atoms with Crippen LogP contribution in [0.3, 0.4) is 0 Å². The van der Waals surface area contributed by atoms with E-state index in [1.54, 1.807) is 24.8 Å². The van der Waals surface area contributed by atoms with Gasteiger partial charge in [0.2, 0.25) is 10.0 Å². The third-order valence-electron chi connectivity index (χ3n) is 4.72. The zero-order chi connectivity index (χ0) is 20.8. The lowest BCUT2D eigenvalue weighted by atomic mass is 10.2. The Morgan fingerprint density at radius 3 is 2.52 bits per heavy atom. The van der Waals surface area contributed by atoms with Gasteiger partial charge in [-0.15, -0.1) is 5.10 Å². The molecule has 152 valence electrons. The minimum Gasteiger partial charge on any atom is -0.401 e. The van der Waals surface area contributed by atoms with Gasteiger partial charge < -0.3 is 4.42 Å². The van der Waals surface area contributed by atoms with Gasteiger partial charge in [0, 0.05) is 25.7 Å². The molecule has 0 aliphatic heterocycles. The van der Waals surface area contributed by atoms with Crippen LogP contribution in [0.4, 0.5) is 6.01 Å². The number of sulfonamides is 1. The summed E-state index contributed by atoms with van der Waals surface area (Å²) in [6.45, 7) is 1.84. The third kappa shape index (κ3) is 3.78. The molecule has 1 N–H and O–H groups in total. The Labute approximate surface area is 167 Å². The van der Waals surface area contributed by atoms with Crippen LogP contribution in [0.1, 0.15) is 28.9 Å². The second kappa shape index (κ2) is 7.08. The van der Waals surface area contributed by atoms with Crippen LogP contribution in [0.15, 0.2) is 39.6 Å². The van der Waals surface area contributed by atoms with Crippen LogP contribution in [-0.4, -0.2) is 51.7 Å². The first-order valence-corrected chi connectivity index (χ1v) is 10.4. The van der Waals surface area contributed by atoms with E-state index in [-0.39, 0.29) is 28.4 Å². The van der Waals surface area contributed by atoms with E-state index in [4.69, 9.17) is 4.42 Å². The number of nitrogens with one attached hydrogen (secondary N) is 1. The zero-order valence-electron chi connectivity index (χ0n) is 16.2. The molecule has 3 aromatic rings. The molecule has 10 nitrogen and oxygen atoms in total. The molecule has 0 radical (unpaired) electrons. The molecule has 1 aliphatic rings. The molecule has 0 bridgehead atoms. The summed E-state index contributed by atoms with van der Waals surface area (Å²) < 4.78 is 33.5. The number of amides is 1. The molecule has 11 heteroatoms. The molecule has 4 rings (SSSR count). The number of benzene rings is 1. The van der Waals surface area contributed by atoms with Crippen LogP contribution >= 0.6 is 0 Å². The molecule has 1 fully saturated rings. The summed E-state index contributed by atoms with van der Waals surface area (Å²) in [4.78, 5) is 12.6. The summed E-state index contributed by atoms with van der Waals surface area (Å²) in [5.74, 6) is -0.256. The summed E-state index contributed by atoms with van der Waals surface area (Å²) in [6, 6.07) is 7.53. The minimum atomic E-state index is -3.55. The lowest BCUT2D eigenvalue weighted by Gasteiger charge is -2.16. The number of rotatable bonds is 6. The van der Waals surface area contributed by atoms with Crippen LogP contribution in [0, 0.1) is 6.92 Å². The van der Waals surface area contributed by atoms with Crippen molar-refractivity contribution in [1.29, 1.82) is 0 Å². The van der Waals surface area contributed by atoms with Crippen LogP contribution in [-0.2, 0) is 17.1 Å². The summed E-state index contributed by atoms with van der Waals surface area (Å²) in [6.07, 6.45) is 1.75. The van der Waals surface area contributed by atoms with Gasteiger partial charge in [-0.3, -0.25) is 14.8 Å². The second-order valence-electron chi connectivity index (χ2n) is 6.94. The Morgan fingerprint density at radius 2 is 1.93 bits per heavy atom. The van der Waals surface area contributed by atoms with Gasteiger partial charge in [0.15, 0.2) is 0 Å². The van der Waals surface area contributed by atoms with Crippen molar-refractivity contribution in [2.45, 2.75) is 30.7 Å². The summed E-state index contributed by atoms with van der Waals surface area (Å²) in [5.41, 5.74) is 1.70. The molecular formula is C18H20N6O4S. The van der Waals surface area contributed by atoms with Crippen molar-refractivity contribution < 1.29 is 17.6 Å². The Kier molecular flexibility index (Phi) is 4.71.